The maximum Gasteiger partial charge on any atom is 0.264 e. The molecular weight excluding hydrogens is 172 g/mol. The van der Waals surface area contributed by atoms with Gasteiger partial charge in [-0.1, -0.05) is 0 Å². The highest BCUT2D eigenvalue weighted by atomic mass is 19.3. The predicted molar refractivity (Wildman–Crippen MR) is 45.8 cm³/mol. The molecule has 0 spiro atoms. The number of hydrogen-bond acceptors (Lipinski definition) is 1. The van der Waals surface area contributed by atoms with Crippen molar-refractivity contribution in [3.8, 4) is 0 Å². The molecule has 0 saturated carbocycles. The van der Waals surface area contributed by atoms with E-state index < -0.39 is 6.43 Å². The van der Waals surface area contributed by atoms with Gasteiger partial charge in [-0.15, -0.1) is 0 Å². The molecule has 1 nitrogen and oxygen atoms in total. The number of halogens is 2. The third kappa shape index (κ3) is 1.55. The van der Waals surface area contributed by atoms with Crippen molar-refractivity contribution in [2.45, 2.75) is 32.1 Å². The van der Waals surface area contributed by atoms with Gasteiger partial charge in [-0.2, -0.15) is 0 Å². The molecule has 0 amide bonds. The molecule has 0 aromatic carbocycles. The summed E-state index contributed by atoms with van der Waals surface area (Å²) in [6.07, 6.45) is 2.85. The zero-order chi connectivity index (χ0) is 9.26. The molecule has 0 saturated heterocycles. The molecule has 1 heterocycles. The van der Waals surface area contributed by atoms with Crippen molar-refractivity contribution in [1.29, 1.82) is 0 Å². The summed E-state index contributed by atoms with van der Waals surface area (Å²) in [5.41, 5.74) is 1.86. The van der Waals surface area contributed by atoms with Gasteiger partial charge < -0.3 is 0 Å². The van der Waals surface area contributed by atoms with E-state index in [0.717, 1.165) is 36.9 Å². The number of pyridine rings is 1. The summed E-state index contributed by atoms with van der Waals surface area (Å²) in [6.45, 7) is 0. The van der Waals surface area contributed by atoms with Gasteiger partial charge in [0.1, 0.15) is 0 Å². The lowest BCUT2D eigenvalue weighted by atomic mass is 9.92. The van der Waals surface area contributed by atoms with E-state index in [1.54, 1.807) is 0 Å². The van der Waals surface area contributed by atoms with Gasteiger partial charge in [0.25, 0.3) is 6.43 Å². The molecule has 2 rings (SSSR count). The number of nitrogens with zero attached hydrogens (tertiary/aromatic N) is 1. The van der Waals surface area contributed by atoms with Crippen LogP contribution >= 0.6 is 0 Å². The Morgan fingerprint density at radius 1 is 1.23 bits per heavy atom. The molecule has 0 radical (unpaired) electrons. The lowest BCUT2D eigenvalue weighted by Gasteiger charge is -2.17. The zero-order valence-electron chi connectivity index (χ0n) is 7.26. The van der Waals surface area contributed by atoms with Crippen LogP contribution in [0, 0.1) is 0 Å². The Bertz CT molecular complexity index is 310. The number of hydrogen-bond donors (Lipinski definition) is 0. The summed E-state index contributed by atoms with van der Waals surface area (Å²) in [5, 5.41) is 0. The monoisotopic (exact) mass is 183 g/mol. The van der Waals surface area contributed by atoms with Gasteiger partial charge in [0.2, 0.25) is 0 Å². The Balaban J connectivity index is 2.46. The van der Waals surface area contributed by atoms with Gasteiger partial charge in [-0.05, 0) is 37.3 Å². The number of alkyl halides is 2. The van der Waals surface area contributed by atoms with Crippen LogP contribution in [0.5, 0.6) is 0 Å². The Kier molecular flexibility index (Phi) is 2.25. The molecule has 70 valence electrons. The first-order valence-electron chi connectivity index (χ1n) is 4.54. The molecule has 0 N–H and O–H groups in total. The van der Waals surface area contributed by atoms with E-state index in [-0.39, 0.29) is 5.56 Å². The van der Waals surface area contributed by atoms with Crippen LogP contribution in [-0.4, -0.2) is 4.98 Å². The van der Waals surface area contributed by atoms with Gasteiger partial charge in [0, 0.05) is 17.5 Å². The van der Waals surface area contributed by atoms with Crippen molar-refractivity contribution in [2.24, 2.45) is 0 Å². The van der Waals surface area contributed by atoms with Crippen molar-refractivity contribution in [3.05, 3.63) is 29.1 Å². The summed E-state index contributed by atoms with van der Waals surface area (Å²) in [7, 11) is 0. The number of aryl methyl sites for hydroxylation is 1. The summed E-state index contributed by atoms with van der Waals surface area (Å²) in [4.78, 5) is 4.13. The standard InChI is InChI=1S/C10H11F2N/c11-10(12)8-5-6-13-9-4-2-1-3-7(8)9/h5-6,10H,1-4H2. The molecule has 13 heavy (non-hydrogen) atoms. The van der Waals surface area contributed by atoms with Crippen molar-refractivity contribution in [3.63, 3.8) is 0 Å². The maximum atomic E-state index is 12.5. The SMILES string of the molecule is FC(F)c1ccnc2c1CCCC2. The second kappa shape index (κ2) is 3.40. The molecule has 1 aliphatic rings. The van der Waals surface area contributed by atoms with Crippen LogP contribution in [0.2, 0.25) is 0 Å². The molecule has 0 unspecified atom stereocenters. The minimum absolute atomic E-state index is 0.185. The van der Waals surface area contributed by atoms with E-state index in [4.69, 9.17) is 0 Å². The average molecular weight is 183 g/mol. The second-order valence-corrected chi connectivity index (χ2v) is 3.33. The van der Waals surface area contributed by atoms with Crippen LogP contribution in [0.4, 0.5) is 8.78 Å². The fourth-order valence-electron chi connectivity index (χ4n) is 1.86. The third-order valence-corrected chi connectivity index (χ3v) is 2.51. The fraction of sp³-hybridized carbons (Fsp3) is 0.500. The quantitative estimate of drug-likeness (QED) is 0.652. The van der Waals surface area contributed by atoms with Gasteiger partial charge in [-0.3, -0.25) is 4.98 Å². The number of aromatic nitrogens is 1. The maximum absolute atomic E-state index is 12.5. The van der Waals surface area contributed by atoms with Gasteiger partial charge in [-0.25, -0.2) is 8.78 Å². The molecule has 0 bridgehead atoms. The fourth-order valence-corrected chi connectivity index (χ4v) is 1.86. The lowest BCUT2D eigenvalue weighted by Crippen LogP contribution is -2.08. The first kappa shape index (κ1) is 8.60. The first-order chi connectivity index (χ1) is 6.29. The van der Waals surface area contributed by atoms with Crippen LogP contribution in [0.3, 0.4) is 0 Å². The van der Waals surface area contributed by atoms with E-state index in [9.17, 15) is 8.78 Å². The van der Waals surface area contributed by atoms with E-state index in [1.165, 1.54) is 12.3 Å². The van der Waals surface area contributed by atoms with E-state index in [0.29, 0.717) is 0 Å². The van der Waals surface area contributed by atoms with Crippen LogP contribution in [0.25, 0.3) is 0 Å². The third-order valence-electron chi connectivity index (χ3n) is 2.51. The molecule has 0 fully saturated rings. The highest BCUT2D eigenvalue weighted by Gasteiger charge is 2.18. The predicted octanol–water partition coefficient (Wildman–Crippen LogP) is 2.90. The molecule has 0 atom stereocenters. The Labute approximate surface area is 75.8 Å². The number of rotatable bonds is 1. The first-order valence-corrected chi connectivity index (χ1v) is 4.54. The Hall–Kier alpha value is -0.990. The van der Waals surface area contributed by atoms with Crippen molar-refractivity contribution in [1.82, 2.24) is 4.98 Å². The molecular formula is C10H11F2N. The zero-order valence-corrected chi connectivity index (χ0v) is 7.26. The van der Waals surface area contributed by atoms with Crippen LogP contribution in [0.15, 0.2) is 12.3 Å². The van der Waals surface area contributed by atoms with Crippen molar-refractivity contribution >= 4 is 0 Å². The van der Waals surface area contributed by atoms with E-state index >= 15 is 0 Å². The molecule has 1 aromatic rings. The molecule has 3 heteroatoms. The summed E-state index contributed by atoms with van der Waals surface area (Å²) >= 11 is 0. The largest absolute Gasteiger partial charge is 0.264 e. The minimum Gasteiger partial charge on any atom is -0.261 e. The molecule has 0 aliphatic heterocycles. The minimum atomic E-state index is -2.35. The van der Waals surface area contributed by atoms with Crippen molar-refractivity contribution < 1.29 is 8.78 Å². The van der Waals surface area contributed by atoms with Gasteiger partial charge >= 0.3 is 0 Å². The lowest BCUT2D eigenvalue weighted by molar-refractivity contribution is 0.149. The topological polar surface area (TPSA) is 12.9 Å². The summed E-state index contributed by atoms with van der Waals surface area (Å²) in [5.74, 6) is 0. The molecule has 1 aromatic heterocycles. The van der Waals surface area contributed by atoms with Crippen LogP contribution in [-0.2, 0) is 12.8 Å². The summed E-state index contributed by atoms with van der Waals surface area (Å²) in [6, 6.07) is 1.44. The van der Waals surface area contributed by atoms with E-state index in [2.05, 4.69) is 4.98 Å². The van der Waals surface area contributed by atoms with Crippen LogP contribution in [0.1, 0.15) is 36.1 Å². The van der Waals surface area contributed by atoms with Gasteiger partial charge in [0.15, 0.2) is 0 Å². The van der Waals surface area contributed by atoms with Gasteiger partial charge in [0.05, 0.1) is 0 Å². The Morgan fingerprint density at radius 3 is 2.77 bits per heavy atom. The van der Waals surface area contributed by atoms with E-state index in [1.807, 2.05) is 0 Å². The molecule has 1 aliphatic carbocycles. The highest BCUT2D eigenvalue weighted by Crippen LogP contribution is 2.28. The normalized spacial score (nSPS) is 15.9. The van der Waals surface area contributed by atoms with Crippen molar-refractivity contribution in [2.75, 3.05) is 0 Å². The smallest absolute Gasteiger partial charge is 0.261 e. The Morgan fingerprint density at radius 2 is 2.00 bits per heavy atom. The number of fused-ring (bicyclic) bond motifs is 1. The summed E-state index contributed by atoms with van der Waals surface area (Å²) < 4.78 is 25.1. The highest BCUT2D eigenvalue weighted by molar-refractivity contribution is 5.32. The van der Waals surface area contributed by atoms with Crippen LogP contribution < -0.4 is 0 Å². The second-order valence-electron chi connectivity index (χ2n) is 3.33. The average Bonchev–Trinajstić information content (AvgIpc) is 2.17.